The molecule has 2 amide bonds. The third-order valence-electron chi connectivity index (χ3n) is 10.6. The number of carbonyl (C=O) groups excluding carboxylic acids is 2. The van der Waals surface area contributed by atoms with E-state index in [1.165, 1.54) is 44.9 Å². The van der Waals surface area contributed by atoms with E-state index in [9.17, 15) is 9.59 Å². The Balaban J connectivity index is 1.03. The largest absolute Gasteiger partial charge is 0.349 e. The van der Waals surface area contributed by atoms with Crippen molar-refractivity contribution in [3.63, 3.8) is 0 Å². The van der Waals surface area contributed by atoms with E-state index in [0.717, 1.165) is 46.6 Å². The van der Waals surface area contributed by atoms with Gasteiger partial charge in [0.05, 0.1) is 11.0 Å². The SMILES string of the molecule is CC1CCCCC1NC(=O)c1ccc2nc(-c3ccc(C(=O)NC4[C@@H]5C[C@H]6C[C@@H](CC65)C[C@@H]4C)cc3)[nH]c2c1. The van der Waals surface area contributed by atoms with E-state index in [0.29, 0.717) is 34.9 Å². The van der Waals surface area contributed by atoms with Crippen molar-refractivity contribution < 1.29 is 9.59 Å². The lowest BCUT2D eigenvalue weighted by atomic mass is 9.61. The Bertz CT molecular complexity index is 1390. The summed E-state index contributed by atoms with van der Waals surface area (Å²) in [5, 5.41) is 6.67. The first-order valence-corrected chi connectivity index (χ1v) is 15.1. The van der Waals surface area contributed by atoms with Gasteiger partial charge < -0.3 is 15.6 Å². The van der Waals surface area contributed by atoms with Gasteiger partial charge in [-0.3, -0.25) is 9.59 Å². The molecule has 6 nitrogen and oxygen atoms in total. The first-order valence-electron chi connectivity index (χ1n) is 15.1. The van der Waals surface area contributed by atoms with Crippen molar-refractivity contribution in [1.29, 1.82) is 0 Å². The fraction of sp³-hybridized carbons (Fsp3) is 0.545. The lowest BCUT2D eigenvalue weighted by molar-refractivity contribution is 0.0405. The fourth-order valence-corrected chi connectivity index (χ4v) is 8.43. The van der Waals surface area contributed by atoms with Crippen LogP contribution in [0.4, 0.5) is 0 Å². The molecule has 4 aliphatic rings. The standard InChI is InChI=1S/C33H40N4O2/c1-18-5-3-4-6-27(18)36-33(39)23-11-12-28-29(17-23)35-31(34-28)21-7-9-22(10-8-21)32(38)37-30-19(2)13-20-14-24-16-26(30)25(24)15-20/h7-12,17-20,24-27,30H,3-6,13-16H2,1-2H3,(H,34,35)(H,36,39)(H,37,38)/t18?,19-,20-,24+,25?,26+,27?,30?/m0/s1. The lowest BCUT2D eigenvalue weighted by Crippen LogP contribution is -2.52. The van der Waals surface area contributed by atoms with Crippen LogP contribution in [0.2, 0.25) is 0 Å². The number of imidazole rings is 1. The molecule has 0 radical (unpaired) electrons. The summed E-state index contributed by atoms with van der Waals surface area (Å²) in [6, 6.07) is 13.9. The number of carbonyl (C=O) groups is 2. The van der Waals surface area contributed by atoms with Gasteiger partial charge in [-0.1, -0.05) is 38.8 Å². The van der Waals surface area contributed by atoms with Gasteiger partial charge in [-0.25, -0.2) is 4.98 Å². The lowest BCUT2D eigenvalue weighted by Gasteiger charge is -2.47. The van der Waals surface area contributed by atoms with Crippen molar-refractivity contribution >= 4 is 22.8 Å². The van der Waals surface area contributed by atoms with Gasteiger partial charge in [0.1, 0.15) is 5.82 Å². The molecule has 4 unspecified atom stereocenters. The monoisotopic (exact) mass is 524 g/mol. The number of fused-ring (bicyclic) bond motifs is 2. The van der Waals surface area contributed by atoms with Gasteiger partial charge >= 0.3 is 0 Å². The van der Waals surface area contributed by atoms with Crippen LogP contribution in [0.3, 0.4) is 0 Å². The Morgan fingerprint density at radius 3 is 2.41 bits per heavy atom. The molecule has 39 heavy (non-hydrogen) atoms. The van der Waals surface area contributed by atoms with Crippen molar-refractivity contribution in [3.8, 4) is 11.4 Å². The minimum atomic E-state index is -0.0181. The number of rotatable bonds is 5. The molecule has 2 bridgehead atoms. The molecule has 204 valence electrons. The minimum absolute atomic E-state index is 0.0181. The topological polar surface area (TPSA) is 86.9 Å². The molecule has 1 heterocycles. The minimum Gasteiger partial charge on any atom is -0.349 e. The van der Waals surface area contributed by atoms with Crippen molar-refractivity contribution in [2.24, 2.45) is 35.5 Å². The molecule has 4 aliphatic carbocycles. The van der Waals surface area contributed by atoms with Crippen LogP contribution in [0.1, 0.15) is 85.9 Å². The zero-order chi connectivity index (χ0) is 26.7. The Morgan fingerprint density at radius 1 is 0.821 bits per heavy atom. The highest BCUT2D eigenvalue weighted by Gasteiger charge is 2.54. The highest BCUT2D eigenvalue weighted by Crippen LogP contribution is 2.59. The number of H-pyrrole nitrogens is 1. The van der Waals surface area contributed by atoms with Gasteiger partial charge in [-0.15, -0.1) is 0 Å². The van der Waals surface area contributed by atoms with E-state index in [1.807, 2.05) is 42.5 Å². The second-order valence-electron chi connectivity index (χ2n) is 13.1. The summed E-state index contributed by atoms with van der Waals surface area (Å²) in [5.41, 5.74) is 3.94. The van der Waals surface area contributed by atoms with Crippen molar-refractivity contribution in [3.05, 3.63) is 53.6 Å². The van der Waals surface area contributed by atoms with Gasteiger partial charge in [0.25, 0.3) is 11.8 Å². The van der Waals surface area contributed by atoms with Crippen LogP contribution in [0.15, 0.2) is 42.5 Å². The average Bonchev–Trinajstić information content (AvgIpc) is 3.47. The molecule has 3 N–H and O–H groups in total. The zero-order valence-corrected chi connectivity index (χ0v) is 23.1. The van der Waals surface area contributed by atoms with Gasteiger partial charge in [0, 0.05) is 28.8 Å². The summed E-state index contributed by atoms with van der Waals surface area (Å²) in [4.78, 5) is 34.3. The highest BCUT2D eigenvalue weighted by molar-refractivity contribution is 5.98. The van der Waals surface area contributed by atoms with Crippen molar-refractivity contribution in [1.82, 2.24) is 20.6 Å². The molecule has 0 saturated heterocycles. The van der Waals surface area contributed by atoms with Crippen molar-refractivity contribution in [2.45, 2.75) is 77.3 Å². The smallest absolute Gasteiger partial charge is 0.251 e. The zero-order valence-electron chi connectivity index (χ0n) is 23.1. The summed E-state index contributed by atoms with van der Waals surface area (Å²) < 4.78 is 0. The fourth-order valence-electron chi connectivity index (χ4n) is 8.43. The van der Waals surface area contributed by atoms with Crippen molar-refractivity contribution in [2.75, 3.05) is 0 Å². The van der Waals surface area contributed by atoms with E-state index in [1.54, 1.807) is 0 Å². The van der Waals surface area contributed by atoms with E-state index in [-0.39, 0.29) is 17.9 Å². The first-order chi connectivity index (χ1) is 18.9. The Morgan fingerprint density at radius 2 is 1.59 bits per heavy atom. The van der Waals surface area contributed by atoms with Gasteiger partial charge in [0.2, 0.25) is 0 Å². The van der Waals surface area contributed by atoms with Crippen LogP contribution < -0.4 is 10.6 Å². The normalized spacial score (nSPS) is 33.3. The highest BCUT2D eigenvalue weighted by atomic mass is 16.2. The Hall–Kier alpha value is -3.15. The number of aromatic amines is 1. The molecular formula is C33H40N4O2. The van der Waals surface area contributed by atoms with Crippen LogP contribution in [-0.2, 0) is 0 Å². The summed E-state index contributed by atoms with van der Waals surface area (Å²) in [6.45, 7) is 4.56. The second-order valence-corrected chi connectivity index (χ2v) is 13.1. The van der Waals surface area contributed by atoms with E-state index in [2.05, 4.69) is 29.5 Å². The molecule has 8 atom stereocenters. The van der Waals surface area contributed by atoms with Crippen LogP contribution in [-0.4, -0.2) is 33.9 Å². The number of benzene rings is 2. The van der Waals surface area contributed by atoms with E-state index in [4.69, 9.17) is 4.98 Å². The maximum Gasteiger partial charge on any atom is 0.251 e. The molecule has 4 saturated carbocycles. The van der Waals surface area contributed by atoms with Crippen LogP contribution in [0, 0.1) is 35.5 Å². The van der Waals surface area contributed by atoms with E-state index >= 15 is 0 Å². The molecule has 4 fully saturated rings. The molecule has 1 aromatic heterocycles. The van der Waals surface area contributed by atoms with Gasteiger partial charge in [0.15, 0.2) is 0 Å². The number of hydrogen-bond acceptors (Lipinski definition) is 3. The number of hydrogen-bond donors (Lipinski definition) is 3. The Kier molecular flexibility index (Phi) is 6.24. The molecular weight excluding hydrogens is 484 g/mol. The summed E-state index contributed by atoms with van der Waals surface area (Å²) in [5.74, 6) is 5.11. The number of nitrogens with zero attached hydrogens (tertiary/aromatic N) is 1. The molecule has 7 rings (SSSR count). The maximum atomic E-state index is 13.2. The Labute approximate surface area is 230 Å². The predicted molar refractivity (Wildman–Crippen MR) is 153 cm³/mol. The van der Waals surface area contributed by atoms with E-state index < -0.39 is 0 Å². The summed E-state index contributed by atoms with van der Waals surface area (Å²) in [7, 11) is 0. The molecule has 6 heteroatoms. The van der Waals surface area contributed by atoms with Gasteiger partial charge in [-0.2, -0.15) is 0 Å². The average molecular weight is 525 g/mol. The molecule has 2 aromatic carbocycles. The quantitative estimate of drug-likeness (QED) is 0.364. The van der Waals surface area contributed by atoms with Crippen LogP contribution in [0.25, 0.3) is 22.4 Å². The predicted octanol–water partition coefficient (Wildman–Crippen LogP) is 6.34. The third kappa shape index (κ3) is 4.56. The summed E-state index contributed by atoms with van der Waals surface area (Å²) >= 11 is 0. The van der Waals surface area contributed by atoms with Crippen LogP contribution in [0.5, 0.6) is 0 Å². The molecule has 0 aliphatic heterocycles. The summed E-state index contributed by atoms with van der Waals surface area (Å²) in [6.07, 6.45) is 10.0. The molecule has 0 spiro atoms. The second kappa shape index (κ2) is 9.79. The number of amides is 2. The molecule has 3 aromatic rings. The third-order valence-corrected chi connectivity index (χ3v) is 10.6. The first kappa shape index (κ1) is 24.9. The number of nitrogens with one attached hydrogen (secondary N) is 3. The van der Waals surface area contributed by atoms with Gasteiger partial charge in [-0.05, 0) is 104 Å². The van der Waals surface area contributed by atoms with Crippen LogP contribution >= 0.6 is 0 Å². The maximum absolute atomic E-state index is 13.2. The number of aromatic nitrogens is 2.